The number of nitrogens with zero attached hydrogens (tertiary/aromatic N) is 1. The van der Waals surface area contributed by atoms with Gasteiger partial charge in [-0.15, -0.1) is 0 Å². The molecule has 1 aromatic heterocycles. The van der Waals surface area contributed by atoms with Gasteiger partial charge in [0.25, 0.3) is 0 Å². The predicted octanol–water partition coefficient (Wildman–Crippen LogP) is 7.14. The molecule has 0 unspecified atom stereocenters. The Labute approximate surface area is 351 Å². The molecule has 5 rings (SSSR count). The van der Waals surface area contributed by atoms with Crippen LogP contribution in [-0.2, 0) is 45.2 Å². The second kappa shape index (κ2) is 28.7. The molecule has 0 saturated heterocycles. The minimum atomic E-state index is 0.00694. The van der Waals surface area contributed by atoms with E-state index >= 15 is 0 Å². The van der Waals surface area contributed by atoms with E-state index in [4.69, 9.17) is 44.1 Å². The third-order valence-electron chi connectivity index (χ3n) is 11.9. The van der Waals surface area contributed by atoms with Crippen LogP contribution in [0.25, 0.3) is 0 Å². The number of ketones is 2. The standard InChI is InChI=1S/C42H71N5O6.2ClH.Mn/c1-50-23-12-26-52-24-10-19-38(48)41-36-29-45-34-17-8-6-15-32(34)43-21-22-44-33-16-7-9-18-35(33)46-30-37(47-36)42(40(41)31-13-4-3-5-14-31)39(49)20-11-25-53-28-27-51-2;;;/h31-35,43-46H,3-30H2,1-2H3;2*1H;/q;;;+2/p-2/t32-,33-,34-,35-;;;/m1.../s1. The van der Waals surface area contributed by atoms with Gasteiger partial charge in [0, 0.05) is 115 Å². The van der Waals surface area contributed by atoms with E-state index in [1.807, 2.05) is 0 Å². The molecule has 2 heterocycles. The fourth-order valence-corrected chi connectivity index (χ4v) is 9.17. The van der Waals surface area contributed by atoms with Crippen LogP contribution in [0.3, 0.4) is 0 Å². The van der Waals surface area contributed by atoms with Gasteiger partial charge in [-0.1, -0.05) is 44.9 Å². The Bertz CT molecular complexity index is 1280. The average Bonchev–Trinajstić information content (AvgIpc) is 3.22. The van der Waals surface area contributed by atoms with Crippen LogP contribution in [0.1, 0.15) is 159 Å². The van der Waals surface area contributed by atoms with Gasteiger partial charge in [0.15, 0.2) is 11.6 Å². The van der Waals surface area contributed by atoms with Gasteiger partial charge >= 0.3 is 33.3 Å². The maximum absolute atomic E-state index is 14.7. The Kier molecular flexibility index (Phi) is 24.6. The van der Waals surface area contributed by atoms with Crippen LogP contribution >= 0.6 is 20.2 Å². The molecule has 4 atom stereocenters. The summed E-state index contributed by atoms with van der Waals surface area (Å²) in [5.41, 5.74) is 4.07. The summed E-state index contributed by atoms with van der Waals surface area (Å²) >= 11 is 0.00694. The van der Waals surface area contributed by atoms with Crippen LogP contribution in [0, 0.1) is 0 Å². The van der Waals surface area contributed by atoms with Gasteiger partial charge in [-0.2, -0.15) is 0 Å². The molecule has 0 radical (unpaired) electrons. The third kappa shape index (κ3) is 16.0. The quantitative estimate of drug-likeness (QED) is 0.0683. The van der Waals surface area contributed by atoms with Crippen molar-refractivity contribution < 1.29 is 41.7 Å². The normalized spacial score (nSPS) is 23.8. The summed E-state index contributed by atoms with van der Waals surface area (Å²) in [6, 6.07) is 1.38. The number of hydrogen-bond donors (Lipinski definition) is 4. The van der Waals surface area contributed by atoms with Crippen molar-refractivity contribution in [3.05, 3.63) is 28.1 Å². The third-order valence-corrected chi connectivity index (χ3v) is 11.9. The van der Waals surface area contributed by atoms with Gasteiger partial charge < -0.3 is 40.2 Å². The van der Waals surface area contributed by atoms with Gasteiger partial charge in [-0.25, -0.2) is 0 Å². The molecule has 14 heteroatoms. The number of nitrogens with one attached hydrogen (secondary N) is 4. The van der Waals surface area contributed by atoms with Gasteiger partial charge in [0.1, 0.15) is 0 Å². The van der Waals surface area contributed by atoms with Crippen molar-refractivity contribution in [1.29, 1.82) is 0 Å². The zero-order chi connectivity index (χ0) is 39.8. The van der Waals surface area contributed by atoms with E-state index in [9.17, 15) is 9.59 Å². The molecule has 4 aliphatic rings. The monoisotopic (exact) mass is 866 g/mol. The van der Waals surface area contributed by atoms with E-state index in [0.717, 1.165) is 87.8 Å². The summed E-state index contributed by atoms with van der Waals surface area (Å²) in [5, 5.41) is 15.6. The van der Waals surface area contributed by atoms with Crippen molar-refractivity contribution in [3.63, 3.8) is 0 Å². The SMILES string of the molecule is COCCCOCCCC(=O)c1c2nc(c(C(=O)CCCOCCOC)c1C1CCCCC1)CN[C@@H]1CCCC[C@H]1NCCN[C@@H]1CCCC[C@H]1NC2.[Cl][Mn][Cl]. The first-order valence-electron chi connectivity index (χ1n) is 21.6. The van der Waals surface area contributed by atoms with E-state index in [0.29, 0.717) is 114 Å². The second-order valence-corrected chi connectivity index (χ2v) is 17.8. The average molecular weight is 868 g/mol. The molecular weight excluding hydrogens is 796 g/mol. The van der Waals surface area contributed by atoms with Crippen LogP contribution in [0.2, 0.25) is 0 Å². The van der Waals surface area contributed by atoms with Crippen molar-refractivity contribution in [2.24, 2.45) is 0 Å². The molecule has 0 spiro atoms. The molecule has 4 N–H and O–H groups in total. The molecule has 0 aromatic carbocycles. The van der Waals surface area contributed by atoms with Crippen molar-refractivity contribution in [1.82, 2.24) is 26.3 Å². The van der Waals surface area contributed by atoms with Crippen LogP contribution in [0.5, 0.6) is 0 Å². The first-order chi connectivity index (χ1) is 27.5. The zero-order valence-electron chi connectivity index (χ0n) is 34.2. The van der Waals surface area contributed by atoms with Gasteiger partial charge in [0.05, 0.1) is 24.6 Å². The summed E-state index contributed by atoms with van der Waals surface area (Å²) in [4.78, 5) is 34.7. The topological polar surface area (TPSA) is 132 Å². The fraction of sp³-hybridized carbons (Fsp3) is 0.833. The van der Waals surface area contributed by atoms with E-state index < -0.39 is 0 Å². The van der Waals surface area contributed by atoms with Crippen LogP contribution in [0.4, 0.5) is 0 Å². The molecule has 1 aromatic rings. The minimum absolute atomic E-state index is 0.00694. The number of carbonyl (C=O) groups excluding carboxylic acids is 2. The molecule has 3 saturated carbocycles. The molecule has 321 valence electrons. The number of carbonyl (C=O) groups is 2. The number of fused-ring (bicyclic) bond motifs is 4. The van der Waals surface area contributed by atoms with Crippen molar-refractivity contribution in [2.45, 2.75) is 159 Å². The van der Waals surface area contributed by atoms with Crippen LogP contribution in [0.15, 0.2) is 0 Å². The van der Waals surface area contributed by atoms with Gasteiger partial charge in [0.2, 0.25) is 0 Å². The van der Waals surface area contributed by atoms with Gasteiger partial charge in [-0.3, -0.25) is 14.6 Å². The Morgan fingerprint density at radius 1 is 0.589 bits per heavy atom. The summed E-state index contributed by atoms with van der Waals surface area (Å²) in [7, 11) is 13.0. The van der Waals surface area contributed by atoms with E-state index in [-0.39, 0.29) is 30.6 Å². The molecule has 3 fully saturated rings. The molecule has 11 nitrogen and oxygen atoms in total. The van der Waals surface area contributed by atoms with Crippen LogP contribution in [-0.4, -0.2) is 108 Å². The molecule has 56 heavy (non-hydrogen) atoms. The van der Waals surface area contributed by atoms with Gasteiger partial charge in [-0.05, 0) is 69.3 Å². The summed E-state index contributed by atoms with van der Waals surface area (Å²) < 4.78 is 21.9. The number of halogens is 2. The number of Topliss-reactive ketones (excluding diaryl/α,β-unsaturated/α-hetero) is 2. The molecule has 3 aliphatic carbocycles. The Balaban J connectivity index is 0.00000225. The predicted molar refractivity (Wildman–Crippen MR) is 221 cm³/mol. The summed E-state index contributed by atoms with van der Waals surface area (Å²) in [6.07, 6.45) is 17.6. The number of aromatic nitrogens is 1. The van der Waals surface area contributed by atoms with E-state index in [1.165, 1.54) is 32.1 Å². The van der Waals surface area contributed by atoms with E-state index in [1.54, 1.807) is 14.2 Å². The number of ether oxygens (including phenoxy) is 4. The molecule has 0 amide bonds. The molecule has 2 bridgehead atoms. The summed E-state index contributed by atoms with van der Waals surface area (Å²) in [6.45, 7) is 6.28. The second-order valence-electron chi connectivity index (χ2n) is 15.8. The number of pyridine rings is 1. The Morgan fingerprint density at radius 2 is 1.02 bits per heavy atom. The summed E-state index contributed by atoms with van der Waals surface area (Å²) in [5.74, 6) is 0.355. The Morgan fingerprint density at radius 3 is 1.50 bits per heavy atom. The van der Waals surface area contributed by atoms with Crippen molar-refractivity contribution >= 4 is 31.8 Å². The van der Waals surface area contributed by atoms with E-state index in [2.05, 4.69) is 21.3 Å². The molecule has 1 aliphatic heterocycles. The first-order valence-corrected chi connectivity index (χ1v) is 24.8. The first kappa shape index (κ1) is 47.9. The zero-order valence-corrected chi connectivity index (χ0v) is 36.9. The maximum atomic E-state index is 14.7. The molecular formula is C42H71Cl2MnN5O6. The fourth-order valence-electron chi connectivity index (χ4n) is 9.17. The van der Waals surface area contributed by atoms with Crippen molar-refractivity contribution in [2.75, 3.05) is 67.0 Å². The Hall–Kier alpha value is -0.731. The van der Waals surface area contributed by atoms with Crippen LogP contribution < -0.4 is 21.3 Å². The number of hydrogen-bond acceptors (Lipinski definition) is 11. The number of methoxy groups -OCH3 is 2. The number of rotatable bonds is 18. The van der Waals surface area contributed by atoms with Crippen molar-refractivity contribution in [3.8, 4) is 0 Å².